The number of hydrogen-bond donors (Lipinski definition) is 1. The van der Waals surface area contributed by atoms with Gasteiger partial charge >= 0.3 is 96.1 Å². The zero-order valence-corrected chi connectivity index (χ0v) is 9.59. The van der Waals surface area contributed by atoms with Crippen LogP contribution in [0.3, 0.4) is 0 Å². The number of aliphatic hydroxyl groups is 1. The molecular formula is C6H11KO3. The molecule has 0 heterocycles. The van der Waals surface area contributed by atoms with Gasteiger partial charge in [0.05, 0.1) is 0 Å². The van der Waals surface area contributed by atoms with Crippen molar-refractivity contribution in [1.82, 2.24) is 0 Å². The molecule has 0 aromatic carbocycles. The van der Waals surface area contributed by atoms with Crippen molar-refractivity contribution in [2.75, 3.05) is 13.2 Å². The summed E-state index contributed by atoms with van der Waals surface area (Å²) in [6, 6.07) is 0. The average molecular weight is 170 g/mol. The van der Waals surface area contributed by atoms with Gasteiger partial charge in [0.1, 0.15) is 0 Å². The molecule has 0 fully saturated rings. The first kappa shape index (κ1) is 11.1. The van der Waals surface area contributed by atoms with E-state index in [1.807, 2.05) is 0 Å². The van der Waals surface area contributed by atoms with E-state index in [4.69, 9.17) is 9.84 Å². The van der Waals surface area contributed by atoms with Crippen LogP contribution in [0.25, 0.3) is 0 Å². The van der Waals surface area contributed by atoms with Gasteiger partial charge in [-0.05, 0) is 0 Å². The molecule has 1 atom stereocenters. The van der Waals surface area contributed by atoms with Crippen LogP contribution in [0.5, 0.6) is 0 Å². The Morgan fingerprint density at radius 2 is 2.40 bits per heavy atom. The second-order valence-electron chi connectivity index (χ2n) is 2.17. The first-order chi connectivity index (χ1) is 4.72. The summed E-state index contributed by atoms with van der Waals surface area (Å²) in [7, 11) is 0. The van der Waals surface area contributed by atoms with Gasteiger partial charge in [-0.25, -0.2) is 0 Å². The summed E-state index contributed by atoms with van der Waals surface area (Å²) in [5.41, 5.74) is 0. The average Bonchev–Trinajstić information content (AvgIpc) is 1.89. The third-order valence-corrected chi connectivity index (χ3v) is 2.89. The van der Waals surface area contributed by atoms with Crippen molar-refractivity contribution in [3.05, 3.63) is 0 Å². The molecule has 0 saturated heterocycles. The van der Waals surface area contributed by atoms with Crippen molar-refractivity contribution in [1.29, 1.82) is 0 Å². The summed E-state index contributed by atoms with van der Waals surface area (Å²) in [6.07, 6.45) is 0.568. The van der Waals surface area contributed by atoms with E-state index in [2.05, 4.69) is 0 Å². The van der Waals surface area contributed by atoms with Crippen molar-refractivity contribution in [2.24, 2.45) is 0 Å². The molecule has 3 nitrogen and oxygen atoms in total. The second kappa shape index (κ2) is 6.76. The maximum atomic E-state index is 10.8. The minimum atomic E-state index is -0.142. The quantitative estimate of drug-likeness (QED) is 0.473. The Balaban J connectivity index is 3.49. The van der Waals surface area contributed by atoms with Gasteiger partial charge in [-0.1, -0.05) is 0 Å². The van der Waals surface area contributed by atoms with E-state index in [0.29, 0.717) is 62.0 Å². The van der Waals surface area contributed by atoms with Gasteiger partial charge < -0.3 is 0 Å². The molecule has 0 aromatic heterocycles. The number of aliphatic hydroxyl groups excluding tert-OH is 1. The van der Waals surface area contributed by atoms with Crippen molar-refractivity contribution < 1.29 is 14.6 Å². The standard InChI is InChI=1S/C6H11O3.K/c1-2-9-6(8)4-3-5-7;/h4,7H,2-3,5H2,1H3;. The molecule has 0 saturated carbocycles. The molecule has 1 N–H and O–H groups in total. The third-order valence-electron chi connectivity index (χ3n) is 1.25. The fourth-order valence-electron chi connectivity index (χ4n) is 0.596. The van der Waals surface area contributed by atoms with E-state index in [-0.39, 0.29) is 12.6 Å². The molecule has 0 aromatic rings. The number of esters is 1. The first-order valence-corrected chi connectivity index (χ1v) is 5.30. The van der Waals surface area contributed by atoms with E-state index < -0.39 is 0 Å². The Morgan fingerprint density at radius 1 is 1.80 bits per heavy atom. The number of rotatable bonds is 4. The zero-order valence-electron chi connectivity index (χ0n) is 6.46. The van der Waals surface area contributed by atoms with Crippen LogP contribution in [0.15, 0.2) is 0 Å². The summed E-state index contributed by atoms with van der Waals surface area (Å²) in [6.45, 7) is 2.32. The molecule has 1 unspecified atom stereocenters. The molecule has 0 bridgehead atoms. The number of hydrogen-bond acceptors (Lipinski definition) is 3. The minimum absolute atomic E-state index is 0.0115. The number of ether oxygens (including phenoxy) is 1. The Labute approximate surface area is 94.7 Å². The molecule has 0 amide bonds. The van der Waals surface area contributed by atoms with Crippen LogP contribution in [0.1, 0.15) is 13.3 Å². The van der Waals surface area contributed by atoms with Crippen LogP contribution in [0.2, 0.25) is 0.0125 Å². The summed E-state index contributed by atoms with van der Waals surface area (Å²) in [4.78, 5) is 10.8. The fraction of sp³-hybridized carbons (Fsp3) is 0.833. The molecular weight excluding hydrogens is 159 g/mol. The molecule has 0 radical (unpaired) electrons. The van der Waals surface area contributed by atoms with E-state index in [1.165, 1.54) is 0 Å². The molecule has 10 heavy (non-hydrogen) atoms. The van der Waals surface area contributed by atoms with Crippen molar-refractivity contribution in [2.45, 2.75) is 13.4 Å². The Morgan fingerprint density at radius 3 is 2.80 bits per heavy atom. The third kappa shape index (κ3) is 4.82. The molecule has 0 aliphatic heterocycles. The van der Waals surface area contributed by atoms with E-state index in [9.17, 15) is 4.79 Å². The summed E-state index contributed by atoms with van der Waals surface area (Å²) in [5, 5.41) is 8.48. The molecule has 4 heteroatoms. The van der Waals surface area contributed by atoms with Crippen LogP contribution < -0.4 is 0 Å². The van der Waals surface area contributed by atoms with Crippen LogP contribution in [0.4, 0.5) is 0 Å². The van der Waals surface area contributed by atoms with E-state index in [0.717, 1.165) is 0 Å². The summed E-state index contributed by atoms with van der Waals surface area (Å²) in [5.74, 6) is -0.142. The molecule has 0 aliphatic rings. The summed E-state index contributed by atoms with van der Waals surface area (Å²) >= 11 is 0.419. The van der Waals surface area contributed by atoms with Gasteiger partial charge in [0.2, 0.25) is 0 Å². The Hall–Kier alpha value is 1.07. The molecule has 0 spiro atoms. The van der Waals surface area contributed by atoms with E-state index in [1.54, 1.807) is 6.92 Å². The van der Waals surface area contributed by atoms with Crippen molar-refractivity contribution in [3.63, 3.8) is 0 Å². The predicted molar refractivity (Wildman–Crippen MR) is 37.8 cm³/mol. The first-order valence-electron chi connectivity index (χ1n) is 3.49. The van der Waals surface area contributed by atoms with Crippen LogP contribution in [-0.4, -0.2) is 73.2 Å². The SMILES string of the molecule is CCOC(=O)[CH]([K])CCO. The normalized spacial score (nSPS) is 12.8. The fourth-order valence-corrected chi connectivity index (χ4v) is 1.26. The van der Waals surface area contributed by atoms with Crippen LogP contribution in [0, 0.1) is 0 Å². The molecule has 54 valence electrons. The van der Waals surface area contributed by atoms with E-state index >= 15 is 0 Å². The summed E-state index contributed by atoms with van der Waals surface area (Å²) < 4.78 is 4.76. The van der Waals surface area contributed by atoms with Gasteiger partial charge in [-0.15, -0.1) is 0 Å². The van der Waals surface area contributed by atoms with Gasteiger partial charge in [0.15, 0.2) is 0 Å². The van der Waals surface area contributed by atoms with Crippen LogP contribution >= 0.6 is 0 Å². The van der Waals surface area contributed by atoms with Gasteiger partial charge in [0.25, 0.3) is 0 Å². The monoisotopic (exact) mass is 170 g/mol. The van der Waals surface area contributed by atoms with Crippen molar-refractivity contribution >= 4 is 54.9 Å². The van der Waals surface area contributed by atoms with Crippen molar-refractivity contribution in [3.8, 4) is 0 Å². The Kier molecular flexibility index (Phi) is 7.48. The topological polar surface area (TPSA) is 46.5 Å². The molecule has 0 aliphatic carbocycles. The van der Waals surface area contributed by atoms with Gasteiger partial charge in [0, 0.05) is 0 Å². The zero-order chi connectivity index (χ0) is 7.98. The Bertz CT molecular complexity index is 105. The number of carbonyl (C=O) groups is 1. The van der Waals surface area contributed by atoms with Gasteiger partial charge in [-0.3, -0.25) is 0 Å². The van der Waals surface area contributed by atoms with Crippen LogP contribution in [-0.2, 0) is 9.53 Å². The second-order valence-corrected chi connectivity index (χ2v) is 4.34. The predicted octanol–water partition coefficient (Wildman–Crippen LogP) is -0.111. The molecule has 0 rings (SSSR count). The van der Waals surface area contributed by atoms with Gasteiger partial charge in [-0.2, -0.15) is 0 Å². The maximum absolute atomic E-state index is 10.8. The number of carbonyl (C=O) groups excluding carboxylic acids is 1.